The van der Waals surface area contributed by atoms with Gasteiger partial charge in [-0.15, -0.1) is 0 Å². The molecule has 2 aromatic rings. The van der Waals surface area contributed by atoms with Crippen LogP contribution in [0.4, 0.5) is 18.9 Å². The Bertz CT molecular complexity index is 995. The van der Waals surface area contributed by atoms with E-state index in [1.807, 2.05) is 24.1 Å². The second-order valence-electron chi connectivity index (χ2n) is 9.05. The topological polar surface area (TPSA) is 47.0 Å². The lowest BCUT2D eigenvalue weighted by molar-refractivity contribution is -0.134. The predicted molar refractivity (Wildman–Crippen MR) is 121 cm³/mol. The molecule has 2 aromatic carbocycles. The Hall–Kier alpha value is -2.58. The van der Waals surface area contributed by atoms with Crippen LogP contribution in [0.3, 0.4) is 0 Å². The van der Waals surface area contributed by atoms with E-state index in [2.05, 4.69) is 17.0 Å². The summed E-state index contributed by atoms with van der Waals surface area (Å²) < 4.78 is 37.8. The Morgan fingerprint density at radius 2 is 1.79 bits per heavy atom. The fourth-order valence-corrected chi connectivity index (χ4v) is 4.67. The highest BCUT2D eigenvalue weighted by molar-refractivity contribution is 6.00. The Morgan fingerprint density at radius 3 is 2.55 bits per heavy atom. The van der Waals surface area contributed by atoms with Gasteiger partial charge in [-0.2, -0.15) is 13.2 Å². The molecular weight excluding hydrogens is 431 g/mol. The quantitative estimate of drug-likeness (QED) is 0.716. The van der Waals surface area contributed by atoms with E-state index in [9.17, 15) is 23.1 Å². The molecule has 2 aliphatic heterocycles. The molecule has 178 valence electrons. The van der Waals surface area contributed by atoms with E-state index in [1.165, 1.54) is 11.1 Å². The zero-order chi connectivity index (χ0) is 23.6. The van der Waals surface area contributed by atoms with Gasteiger partial charge in [0.1, 0.15) is 0 Å². The van der Waals surface area contributed by atoms with Crippen LogP contribution in [-0.2, 0) is 19.4 Å². The average molecular weight is 462 g/mol. The van der Waals surface area contributed by atoms with E-state index in [1.54, 1.807) is 23.1 Å². The number of aliphatic hydroxyl groups is 1. The van der Waals surface area contributed by atoms with E-state index in [0.29, 0.717) is 36.4 Å². The van der Waals surface area contributed by atoms with Crippen molar-refractivity contribution in [1.29, 1.82) is 0 Å². The van der Waals surface area contributed by atoms with Gasteiger partial charge in [0.25, 0.3) is 5.91 Å². The Morgan fingerprint density at radius 1 is 1.03 bits per heavy atom. The molecule has 0 saturated carbocycles. The van der Waals surface area contributed by atoms with Crippen LogP contribution >= 0.6 is 0 Å². The van der Waals surface area contributed by atoms with Gasteiger partial charge in [-0.3, -0.25) is 9.69 Å². The summed E-state index contributed by atoms with van der Waals surface area (Å²) in [7, 11) is 1.84. The molecule has 0 aliphatic carbocycles. The first-order valence-electron chi connectivity index (χ1n) is 11.4. The molecule has 5 nitrogen and oxygen atoms in total. The minimum atomic E-state index is -4.21. The van der Waals surface area contributed by atoms with E-state index < -0.39 is 18.7 Å². The minimum absolute atomic E-state index is 0.111. The van der Waals surface area contributed by atoms with Gasteiger partial charge in [-0.25, -0.2) is 0 Å². The second kappa shape index (κ2) is 9.73. The summed E-state index contributed by atoms with van der Waals surface area (Å²) in [6.45, 7) is 3.35. The summed E-state index contributed by atoms with van der Waals surface area (Å²) >= 11 is 0. The molecule has 0 aromatic heterocycles. The average Bonchev–Trinajstić information content (AvgIpc) is 2.89. The highest BCUT2D eigenvalue weighted by Crippen LogP contribution is 2.28. The number of β-amino-alcohol motifs (C(OH)–C–C–N with tert-alkyl or cyclic N) is 1. The van der Waals surface area contributed by atoms with Gasteiger partial charge in [0.15, 0.2) is 0 Å². The zero-order valence-corrected chi connectivity index (χ0v) is 18.8. The fourth-order valence-electron chi connectivity index (χ4n) is 4.67. The molecule has 2 heterocycles. The van der Waals surface area contributed by atoms with Gasteiger partial charge >= 0.3 is 6.18 Å². The number of carbonyl (C=O) groups excluding carboxylic acids is 1. The van der Waals surface area contributed by atoms with Crippen LogP contribution in [0, 0.1) is 0 Å². The first-order chi connectivity index (χ1) is 15.7. The monoisotopic (exact) mass is 461 g/mol. The molecule has 33 heavy (non-hydrogen) atoms. The highest BCUT2D eigenvalue weighted by Gasteiger charge is 2.29. The molecule has 0 saturated heterocycles. The number of hydrogen-bond donors (Lipinski definition) is 1. The van der Waals surface area contributed by atoms with Gasteiger partial charge in [0, 0.05) is 58.4 Å². The molecule has 1 N–H and O–H groups in total. The van der Waals surface area contributed by atoms with E-state index in [4.69, 9.17) is 0 Å². The van der Waals surface area contributed by atoms with Crippen molar-refractivity contribution >= 4 is 11.6 Å². The number of aryl methyl sites for hydroxylation is 1. The Kier molecular flexibility index (Phi) is 6.95. The summed E-state index contributed by atoms with van der Waals surface area (Å²) in [6, 6.07) is 13.2. The molecule has 0 fully saturated rings. The first-order valence-corrected chi connectivity index (χ1v) is 11.4. The van der Waals surface area contributed by atoms with Crippen LogP contribution in [-0.4, -0.2) is 72.9 Å². The van der Waals surface area contributed by atoms with Gasteiger partial charge in [0.2, 0.25) is 0 Å². The fraction of sp³-hybridized carbons (Fsp3) is 0.480. The number of nitrogens with zero attached hydrogens (tertiary/aromatic N) is 3. The van der Waals surface area contributed by atoms with Gasteiger partial charge in [-0.05, 0) is 41.7 Å². The number of carbonyl (C=O) groups is 1. The molecule has 8 heteroatoms. The molecule has 0 spiro atoms. The van der Waals surface area contributed by atoms with Crippen molar-refractivity contribution in [2.45, 2.75) is 38.1 Å². The minimum Gasteiger partial charge on any atom is -0.390 e. The number of anilines is 1. The van der Waals surface area contributed by atoms with Crippen molar-refractivity contribution in [3.8, 4) is 0 Å². The smallest absolute Gasteiger partial charge is 0.389 e. The lowest BCUT2D eigenvalue weighted by atomic mass is 10.00. The summed E-state index contributed by atoms with van der Waals surface area (Å²) in [6.07, 6.45) is -4.95. The van der Waals surface area contributed by atoms with Crippen molar-refractivity contribution in [2.24, 2.45) is 0 Å². The Balaban J connectivity index is 1.40. The third kappa shape index (κ3) is 5.86. The summed E-state index contributed by atoms with van der Waals surface area (Å²) in [5.41, 5.74) is 4.29. The molecule has 0 radical (unpaired) electrons. The third-order valence-electron chi connectivity index (χ3n) is 6.50. The van der Waals surface area contributed by atoms with E-state index >= 15 is 0 Å². The summed E-state index contributed by atoms with van der Waals surface area (Å²) in [4.78, 5) is 19.0. The maximum atomic E-state index is 13.2. The normalized spacial score (nSPS) is 18.0. The number of halogens is 3. The Labute approximate surface area is 192 Å². The van der Waals surface area contributed by atoms with Crippen molar-refractivity contribution in [2.75, 3.05) is 44.7 Å². The van der Waals surface area contributed by atoms with Gasteiger partial charge in [-0.1, -0.05) is 30.3 Å². The summed E-state index contributed by atoms with van der Waals surface area (Å²) in [5, 5.41) is 10.8. The number of likely N-dealkylation sites (N-methyl/N-ethyl adjacent to an activating group) is 1. The van der Waals surface area contributed by atoms with Gasteiger partial charge in [0.05, 0.1) is 11.7 Å². The van der Waals surface area contributed by atoms with E-state index in [-0.39, 0.29) is 18.9 Å². The van der Waals surface area contributed by atoms with Crippen molar-refractivity contribution < 1.29 is 23.1 Å². The molecule has 0 bridgehead atoms. The van der Waals surface area contributed by atoms with Crippen LogP contribution in [0.15, 0.2) is 42.5 Å². The largest absolute Gasteiger partial charge is 0.390 e. The number of aliphatic hydroxyl groups excluding tert-OH is 1. The van der Waals surface area contributed by atoms with Crippen LogP contribution in [0.5, 0.6) is 0 Å². The van der Waals surface area contributed by atoms with Crippen molar-refractivity contribution in [3.05, 3.63) is 64.7 Å². The maximum absolute atomic E-state index is 13.2. The molecule has 2 aliphatic rings. The number of alkyl halides is 3. The lowest BCUT2D eigenvalue weighted by Gasteiger charge is -2.32. The van der Waals surface area contributed by atoms with Crippen molar-refractivity contribution in [3.63, 3.8) is 0 Å². The third-order valence-corrected chi connectivity index (χ3v) is 6.50. The van der Waals surface area contributed by atoms with Crippen LogP contribution in [0.1, 0.15) is 33.5 Å². The lowest BCUT2D eigenvalue weighted by Crippen LogP contribution is -2.44. The predicted octanol–water partition coefficient (Wildman–Crippen LogP) is 3.49. The number of amides is 1. The molecule has 0 unspecified atom stereocenters. The van der Waals surface area contributed by atoms with E-state index in [0.717, 1.165) is 19.5 Å². The molecule has 1 amide bonds. The van der Waals surface area contributed by atoms with Gasteiger partial charge < -0.3 is 14.9 Å². The molecule has 4 rings (SSSR count). The number of benzene rings is 2. The zero-order valence-electron chi connectivity index (χ0n) is 18.8. The number of fused-ring (bicyclic) bond motifs is 2. The van der Waals surface area contributed by atoms with Crippen molar-refractivity contribution in [1.82, 2.24) is 9.80 Å². The number of hydrogen-bond acceptors (Lipinski definition) is 4. The molecule has 1 atom stereocenters. The number of rotatable bonds is 6. The maximum Gasteiger partial charge on any atom is 0.389 e. The van der Waals surface area contributed by atoms with Crippen LogP contribution < -0.4 is 4.90 Å². The second-order valence-corrected chi connectivity index (χ2v) is 9.05. The van der Waals surface area contributed by atoms with Crippen LogP contribution in [0.2, 0.25) is 0 Å². The highest BCUT2D eigenvalue weighted by atomic mass is 19.4. The first kappa shape index (κ1) is 23.6. The molecular formula is C25H30F3N3O2. The standard InChI is InChI=1S/C25H30F3N3O2/c1-29-12-13-31(17-21(32)16-30-11-9-19-4-2-3-5-20(19)15-30)24(33)22-7-6-18(14-23(22)29)8-10-25(26,27)28/h2-7,14,21,32H,8-13,15-17H2,1H3/t21-/m1/s1. The van der Waals surface area contributed by atoms with Crippen LogP contribution in [0.25, 0.3) is 0 Å². The summed E-state index contributed by atoms with van der Waals surface area (Å²) in [5.74, 6) is -0.195. The SMILES string of the molecule is CN1CCN(C[C@H](O)CN2CCc3ccccc3C2)C(=O)c2ccc(CCC(F)(F)F)cc21.